The van der Waals surface area contributed by atoms with Gasteiger partial charge in [0.25, 0.3) is 0 Å². The first-order chi connectivity index (χ1) is 12.3. The van der Waals surface area contributed by atoms with E-state index in [-0.39, 0.29) is 23.9 Å². The number of hydrogen-bond acceptors (Lipinski definition) is 7. The fraction of sp³-hybridized carbons (Fsp3) is 0.294. The molecular weight excluding hydrogens is 420 g/mol. The molecule has 0 aliphatic rings. The summed E-state index contributed by atoms with van der Waals surface area (Å²) in [7, 11) is 0. The maximum absolute atomic E-state index is 12.4. The lowest BCUT2D eigenvalue weighted by atomic mass is 10.2. The third-order valence-electron chi connectivity index (χ3n) is 3.33. The Balaban J connectivity index is 2.04. The minimum absolute atomic E-state index is 0.0230. The molecule has 1 atom stereocenters. The molecule has 9 heteroatoms. The SMILES string of the molecule is CCOC(=O)c1cnc(SC(C)C(=O)Nc2ccc(C)cc2Br)nc1N. The number of nitrogens with zero attached hydrogens (tertiary/aromatic N) is 2. The van der Waals surface area contributed by atoms with Crippen molar-refractivity contribution in [2.24, 2.45) is 0 Å². The molecule has 1 aromatic carbocycles. The van der Waals surface area contributed by atoms with Crippen molar-refractivity contribution in [2.45, 2.75) is 31.2 Å². The number of nitrogen functional groups attached to an aromatic ring is 1. The average molecular weight is 439 g/mol. The normalized spacial score (nSPS) is 11.7. The van der Waals surface area contributed by atoms with E-state index in [0.29, 0.717) is 10.8 Å². The number of anilines is 2. The Morgan fingerprint density at radius 1 is 1.42 bits per heavy atom. The van der Waals surface area contributed by atoms with E-state index in [0.717, 1.165) is 21.8 Å². The zero-order chi connectivity index (χ0) is 19.3. The number of halogens is 1. The van der Waals surface area contributed by atoms with Crippen molar-refractivity contribution in [1.29, 1.82) is 0 Å². The summed E-state index contributed by atoms with van der Waals surface area (Å²) in [5.74, 6) is -0.748. The van der Waals surface area contributed by atoms with Crippen LogP contribution in [0.25, 0.3) is 0 Å². The number of aromatic nitrogens is 2. The van der Waals surface area contributed by atoms with Crippen LogP contribution in [0.3, 0.4) is 0 Å². The molecule has 0 saturated carbocycles. The van der Waals surface area contributed by atoms with Crippen molar-refractivity contribution in [3.8, 4) is 0 Å². The molecule has 7 nitrogen and oxygen atoms in total. The van der Waals surface area contributed by atoms with E-state index in [2.05, 4.69) is 31.2 Å². The van der Waals surface area contributed by atoms with Crippen molar-refractivity contribution >= 4 is 51.1 Å². The molecule has 0 fully saturated rings. The minimum atomic E-state index is -0.573. The van der Waals surface area contributed by atoms with Crippen LogP contribution >= 0.6 is 27.7 Å². The number of benzene rings is 1. The van der Waals surface area contributed by atoms with Gasteiger partial charge >= 0.3 is 5.97 Å². The average Bonchev–Trinajstić information content (AvgIpc) is 2.57. The van der Waals surface area contributed by atoms with Gasteiger partial charge in [-0.05, 0) is 54.4 Å². The smallest absolute Gasteiger partial charge is 0.343 e. The Morgan fingerprint density at radius 2 is 2.15 bits per heavy atom. The lowest BCUT2D eigenvalue weighted by Gasteiger charge is -2.13. The van der Waals surface area contributed by atoms with Gasteiger partial charge in [-0.2, -0.15) is 0 Å². The summed E-state index contributed by atoms with van der Waals surface area (Å²) in [6, 6.07) is 5.67. The Bertz CT molecular complexity index is 832. The number of carbonyl (C=O) groups is 2. The first-order valence-corrected chi connectivity index (χ1v) is 9.52. The summed E-state index contributed by atoms with van der Waals surface area (Å²) in [6.45, 7) is 5.64. The van der Waals surface area contributed by atoms with Crippen molar-refractivity contribution < 1.29 is 14.3 Å². The number of ether oxygens (including phenoxy) is 1. The van der Waals surface area contributed by atoms with Crippen LogP contribution in [0.4, 0.5) is 11.5 Å². The van der Waals surface area contributed by atoms with Gasteiger partial charge in [0.1, 0.15) is 11.4 Å². The number of thioether (sulfide) groups is 1. The van der Waals surface area contributed by atoms with Crippen LogP contribution in [-0.4, -0.2) is 33.7 Å². The molecule has 138 valence electrons. The maximum atomic E-state index is 12.4. The number of rotatable bonds is 6. The first-order valence-electron chi connectivity index (χ1n) is 7.85. The highest BCUT2D eigenvalue weighted by atomic mass is 79.9. The number of aryl methyl sites for hydroxylation is 1. The Morgan fingerprint density at radius 3 is 2.77 bits per heavy atom. The molecule has 0 aliphatic heterocycles. The highest BCUT2D eigenvalue weighted by Gasteiger charge is 2.19. The van der Waals surface area contributed by atoms with E-state index in [1.54, 1.807) is 13.8 Å². The van der Waals surface area contributed by atoms with Gasteiger partial charge in [0.15, 0.2) is 5.16 Å². The standard InChI is InChI=1S/C17H19BrN4O3S/c1-4-25-16(24)11-8-20-17(22-14(11)19)26-10(3)15(23)21-13-6-5-9(2)7-12(13)18/h5-8,10H,4H2,1-3H3,(H,21,23)(H2,19,20,22). The molecule has 26 heavy (non-hydrogen) atoms. The molecule has 2 aromatic rings. The zero-order valence-electron chi connectivity index (χ0n) is 14.6. The minimum Gasteiger partial charge on any atom is -0.462 e. The van der Waals surface area contributed by atoms with Crippen molar-refractivity contribution in [3.63, 3.8) is 0 Å². The van der Waals surface area contributed by atoms with Gasteiger partial charge in [0.05, 0.1) is 17.5 Å². The summed E-state index contributed by atoms with van der Waals surface area (Å²) in [4.78, 5) is 32.3. The molecule has 0 saturated heterocycles. The van der Waals surface area contributed by atoms with Gasteiger partial charge < -0.3 is 15.8 Å². The molecule has 0 aliphatic carbocycles. The molecule has 0 spiro atoms. The van der Waals surface area contributed by atoms with E-state index in [1.807, 2.05) is 25.1 Å². The third kappa shape index (κ3) is 5.18. The van der Waals surface area contributed by atoms with E-state index in [4.69, 9.17) is 10.5 Å². The molecule has 1 heterocycles. The second kappa shape index (κ2) is 9.00. The lowest BCUT2D eigenvalue weighted by Crippen LogP contribution is -2.23. The van der Waals surface area contributed by atoms with Crippen molar-refractivity contribution in [3.05, 3.63) is 40.0 Å². The van der Waals surface area contributed by atoms with Gasteiger partial charge in [0, 0.05) is 10.7 Å². The molecule has 1 amide bonds. The highest BCUT2D eigenvalue weighted by Crippen LogP contribution is 2.26. The first kappa shape index (κ1) is 20.2. The van der Waals surface area contributed by atoms with Crippen LogP contribution in [0.1, 0.15) is 29.8 Å². The van der Waals surface area contributed by atoms with Crippen LogP contribution in [-0.2, 0) is 9.53 Å². The monoisotopic (exact) mass is 438 g/mol. The van der Waals surface area contributed by atoms with Gasteiger partial charge in [-0.15, -0.1) is 0 Å². The Hall–Kier alpha value is -2.13. The number of esters is 1. The van der Waals surface area contributed by atoms with Crippen LogP contribution in [0.5, 0.6) is 0 Å². The zero-order valence-corrected chi connectivity index (χ0v) is 17.0. The topological polar surface area (TPSA) is 107 Å². The summed E-state index contributed by atoms with van der Waals surface area (Å²) < 4.78 is 5.69. The van der Waals surface area contributed by atoms with Crippen LogP contribution < -0.4 is 11.1 Å². The van der Waals surface area contributed by atoms with Gasteiger partial charge in [0.2, 0.25) is 5.91 Å². The van der Waals surface area contributed by atoms with E-state index >= 15 is 0 Å². The third-order valence-corrected chi connectivity index (χ3v) is 4.96. The van der Waals surface area contributed by atoms with Crippen molar-refractivity contribution in [2.75, 3.05) is 17.7 Å². The molecule has 1 unspecified atom stereocenters. The van der Waals surface area contributed by atoms with Crippen LogP contribution in [0.15, 0.2) is 34.0 Å². The predicted molar refractivity (Wildman–Crippen MR) is 105 cm³/mol. The van der Waals surface area contributed by atoms with Crippen LogP contribution in [0, 0.1) is 6.92 Å². The van der Waals surface area contributed by atoms with Gasteiger partial charge in [-0.3, -0.25) is 4.79 Å². The fourth-order valence-electron chi connectivity index (χ4n) is 1.97. The largest absolute Gasteiger partial charge is 0.462 e. The van der Waals surface area contributed by atoms with Gasteiger partial charge in [-0.1, -0.05) is 17.8 Å². The maximum Gasteiger partial charge on any atom is 0.343 e. The lowest BCUT2D eigenvalue weighted by molar-refractivity contribution is -0.115. The van der Waals surface area contributed by atoms with E-state index in [9.17, 15) is 9.59 Å². The highest BCUT2D eigenvalue weighted by molar-refractivity contribution is 9.10. The molecule has 3 N–H and O–H groups in total. The quantitative estimate of drug-likeness (QED) is 0.403. The molecule has 0 bridgehead atoms. The Labute approximate surface area is 164 Å². The molecule has 1 aromatic heterocycles. The number of hydrogen-bond donors (Lipinski definition) is 2. The summed E-state index contributed by atoms with van der Waals surface area (Å²) in [5.41, 5.74) is 7.67. The van der Waals surface area contributed by atoms with E-state index in [1.165, 1.54) is 6.20 Å². The summed E-state index contributed by atoms with van der Waals surface area (Å²) in [5, 5.41) is 2.70. The van der Waals surface area contributed by atoms with Crippen LogP contribution in [0.2, 0.25) is 0 Å². The number of amides is 1. The second-order valence-electron chi connectivity index (χ2n) is 5.40. The number of carbonyl (C=O) groups excluding carboxylic acids is 2. The molecule has 2 rings (SSSR count). The molecular formula is C17H19BrN4O3S. The molecule has 0 radical (unpaired) electrons. The second-order valence-corrected chi connectivity index (χ2v) is 7.57. The van der Waals surface area contributed by atoms with E-state index < -0.39 is 11.2 Å². The summed E-state index contributed by atoms with van der Waals surface area (Å²) >= 11 is 4.57. The Kier molecular flexibility index (Phi) is 6.98. The van der Waals surface area contributed by atoms with Crippen molar-refractivity contribution in [1.82, 2.24) is 9.97 Å². The van der Waals surface area contributed by atoms with Gasteiger partial charge in [-0.25, -0.2) is 14.8 Å². The fourth-order valence-corrected chi connectivity index (χ4v) is 3.31. The summed E-state index contributed by atoms with van der Waals surface area (Å²) in [6.07, 6.45) is 1.31. The predicted octanol–water partition coefficient (Wildman–Crippen LogP) is 3.43. The number of nitrogens with one attached hydrogen (secondary N) is 1. The number of nitrogens with two attached hydrogens (primary N) is 1.